The molecule has 0 aliphatic carbocycles. The zero-order chi connectivity index (χ0) is 12.6. The third-order valence-corrected chi connectivity index (χ3v) is 2.02. The van der Waals surface area contributed by atoms with Crippen LogP contribution < -0.4 is 5.32 Å². The molecular formula is C10H18N2O4. The van der Waals surface area contributed by atoms with Crippen LogP contribution in [0.25, 0.3) is 0 Å². The summed E-state index contributed by atoms with van der Waals surface area (Å²) in [6.45, 7) is 4.04. The molecule has 2 N–H and O–H groups in total. The molecule has 0 bridgehead atoms. The third kappa shape index (κ3) is 7.78. The molecule has 0 aliphatic rings. The summed E-state index contributed by atoms with van der Waals surface area (Å²) in [5.41, 5.74) is 0. The lowest BCUT2D eigenvalue weighted by molar-refractivity contribution is -0.138. The zero-order valence-electron chi connectivity index (χ0n) is 9.65. The van der Waals surface area contributed by atoms with Crippen molar-refractivity contribution in [2.75, 3.05) is 19.6 Å². The number of carbonyl (C=O) groups is 3. The molecule has 0 heterocycles. The normalized spacial score (nSPS) is 9.62. The second-order valence-corrected chi connectivity index (χ2v) is 3.49. The van der Waals surface area contributed by atoms with E-state index in [-0.39, 0.29) is 18.2 Å². The first kappa shape index (κ1) is 14.4. The van der Waals surface area contributed by atoms with E-state index in [1.807, 2.05) is 0 Å². The molecule has 2 amide bonds. The average Bonchev–Trinajstić information content (AvgIpc) is 2.14. The summed E-state index contributed by atoms with van der Waals surface area (Å²) in [5, 5.41) is 11.0. The van der Waals surface area contributed by atoms with Gasteiger partial charge in [-0.05, 0) is 6.42 Å². The van der Waals surface area contributed by atoms with Crippen LogP contribution in [0, 0.1) is 0 Å². The van der Waals surface area contributed by atoms with Crippen LogP contribution >= 0.6 is 0 Å². The van der Waals surface area contributed by atoms with Crippen molar-refractivity contribution < 1.29 is 19.5 Å². The Morgan fingerprint density at radius 1 is 1.19 bits per heavy atom. The largest absolute Gasteiger partial charge is 0.481 e. The van der Waals surface area contributed by atoms with Crippen molar-refractivity contribution in [2.45, 2.75) is 26.7 Å². The number of nitrogens with one attached hydrogen (secondary N) is 1. The third-order valence-electron chi connectivity index (χ3n) is 2.02. The highest BCUT2D eigenvalue weighted by atomic mass is 16.4. The summed E-state index contributed by atoms with van der Waals surface area (Å²) < 4.78 is 0. The quantitative estimate of drug-likeness (QED) is 0.636. The van der Waals surface area contributed by atoms with Crippen LogP contribution in [0.15, 0.2) is 0 Å². The van der Waals surface area contributed by atoms with Gasteiger partial charge in [-0.25, -0.2) is 0 Å². The predicted molar refractivity (Wildman–Crippen MR) is 57.8 cm³/mol. The van der Waals surface area contributed by atoms with Gasteiger partial charge in [-0.1, -0.05) is 0 Å². The minimum Gasteiger partial charge on any atom is -0.481 e. The van der Waals surface area contributed by atoms with Crippen molar-refractivity contribution in [3.05, 3.63) is 0 Å². The van der Waals surface area contributed by atoms with Gasteiger partial charge in [0, 0.05) is 39.9 Å². The van der Waals surface area contributed by atoms with Crippen LogP contribution in [0.1, 0.15) is 26.7 Å². The van der Waals surface area contributed by atoms with E-state index in [1.54, 1.807) is 0 Å². The molecular weight excluding hydrogens is 212 g/mol. The minimum atomic E-state index is -0.870. The molecule has 0 atom stereocenters. The first-order chi connectivity index (χ1) is 7.43. The van der Waals surface area contributed by atoms with Crippen LogP contribution in [-0.2, 0) is 14.4 Å². The van der Waals surface area contributed by atoms with Crippen LogP contribution in [0.2, 0.25) is 0 Å². The molecule has 0 aromatic carbocycles. The Labute approximate surface area is 94.6 Å². The first-order valence-corrected chi connectivity index (χ1v) is 5.15. The summed E-state index contributed by atoms with van der Waals surface area (Å²) in [6.07, 6.45) is 0.471. The topological polar surface area (TPSA) is 86.7 Å². The Balaban J connectivity index is 3.84. The Morgan fingerprint density at radius 2 is 1.81 bits per heavy atom. The van der Waals surface area contributed by atoms with Gasteiger partial charge in [-0.3, -0.25) is 14.4 Å². The number of nitrogens with zero attached hydrogens (tertiary/aromatic N) is 1. The lowest BCUT2D eigenvalue weighted by Gasteiger charge is -2.20. The van der Waals surface area contributed by atoms with E-state index in [2.05, 4.69) is 5.32 Å². The van der Waals surface area contributed by atoms with Gasteiger partial charge in [0.15, 0.2) is 0 Å². The molecule has 0 aromatic rings. The fraction of sp³-hybridized carbons (Fsp3) is 0.700. The van der Waals surface area contributed by atoms with E-state index < -0.39 is 5.97 Å². The van der Waals surface area contributed by atoms with Crippen molar-refractivity contribution in [1.82, 2.24) is 10.2 Å². The van der Waals surface area contributed by atoms with Gasteiger partial charge in [0.05, 0.1) is 0 Å². The van der Waals surface area contributed by atoms with Gasteiger partial charge in [-0.2, -0.15) is 0 Å². The predicted octanol–water partition coefficient (Wildman–Crippen LogP) is -0.164. The standard InChI is InChI=1S/C10H18N2O4/c1-8(13)11-5-7-12(9(2)14)6-3-4-10(15)16/h3-7H2,1-2H3,(H,11,13)(H,15,16). The average molecular weight is 230 g/mol. The second kappa shape index (κ2) is 7.67. The number of amides is 2. The van der Waals surface area contributed by atoms with Crippen LogP contribution in [0.3, 0.4) is 0 Å². The maximum absolute atomic E-state index is 11.2. The molecule has 0 saturated heterocycles. The Hall–Kier alpha value is -1.59. The van der Waals surface area contributed by atoms with Gasteiger partial charge < -0.3 is 15.3 Å². The highest BCUT2D eigenvalue weighted by Gasteiger charge is 2.08. The van der Waals surface area contributed by atoms with Gasteiger partial charge in [0.2, 0.25) is 11.8 Å². The van der Waals surface area contributed by atoms with E-state index in [1.165, 1.54) is 18.7 Å². The lowest BCUT2D eigenvalue weighted by Crippen LogP contribution is -2.37. The number of hydrogen-bond acceptors (Lipinski definition) is 3. The van der Waals surface area contributed by atoms with Crippen molar-refractivity contribution in [1.29, 1.82) is 0 Å². The monoisotopic (exact) mass is 230 g/mol. The molecule has 0 unspecified atom stereocenters. The number of hydrogen-bond donors (Lipinski definition) is 2. The number of carbonyl (C=O) groups excluding carboxylic acids is 2. The second-order valence-electron chi connectivity index (χ2n) is 3.49. The van der Waals surface area contributed by atoms with Gasteiger partial charge in [0.1, 0.15) is 0 Å². The Kier molecular flexibility index (Phi) is 6.91. The summed E-state index contributed by atoms with van der Waals surface area (Å²) in [6, 6.07) is 0. The number of aliphatic carboxylic acids is 1. The van der Waals surface area contributed by atoms with Crippen molar-refractivity contribution in [3.8, 4) is 0 Å². The van der Waals surface area contributed by atoms with E-state index in [0.29, 0.717) is 26.1 Å². The smallest absolute Gasteiger partial charge is 0.303 e. The molecule has 0 spiro atoms. The first-order valence-electron chi connectivity index (χ1n) is 5.15. The van der Waals surface area contributed by atoms with Crippen LogP contribution in [0.5, 0.6) is 0 Å². The van der Waals surface area contributed by atoms with E-state index in [9.17, 15) is 14.4 Å². The Bertz CT molecular complexity index is 246. The zero-order valence-corrected chi connectivity index (χ0v) is 9.65. The van der Waals surface area contributed by atoms with Gasteiger partial charge in [0.25, 0.3) is 0 Å². The molecule has 0 aromatic heterocycles. The fourth-order valence-electron chi connectivity index (χ4n) is 1.21. The molecule has 0 rings (SSSR count). The molecule has 0 saturated carbocycles. The van der Waals surface area contributed by atoms with E-state index >= 15 is 0 Å². The minimum absolute atomic E-state index is 0.0456. The molecule has 92 valence electrons. The van der Waals surface area contributed by atoms with E-state index in [4.69, 9.17) is 5.11 Å². The maximum Gasteiger partial charge on any atom is 0.303 e. The lowest BCUT2D eigenvalue weighted by atomic mass is 10.3. The summed E-state index contributed by atoms with van der Waals surface area (Å²) in [5.74, 6) is -1.13. The molecule has 0 fully saturated rings. The number of carboxylic acids is 1. The summed E-state index contributed by atoms with van der Waals surface area (Å²) >= 11 is 0. The van der Waals surface area contributed by atoms with Crippen molar-refractivity contribution in [2.24, 2.45) is 0 Å². The maximum atomic E-state index is 11.2. The SMILES string of the molecule is CC(=O)NCCN(CCCC(=O)O)C(C)=O. The van der Waals surface area contributed by atoms with Crippen molar-refractivity contribution in [3.63, 3.8) is 0 Å². The molecule has 6 nitrogen and oxygen atoms in total. The highest BCUT2D eigenvalue weighted by Crippen LogP contribution is 1.96. The van der Waals surface area contributed by atoms with Crippen LogP contribution in [0.4, 0.5) is 0 Å². The molecule has 0 aliphatic heterocycles. The van der Waals surface area contributed by atoms with Gasteiger partial charge in [-0.15, -0.1) is 0 Å². The summed E-state index contributed by atoms with van der Waals surface area (Å²) in [4.78, 5) is 33.6. The Morgan fingerprint density at radius 3 is 2.25 bits per heavy atom. The highest BCUT2D eigenvalue weighted by molar-refractivity contribution is 5.74. The number of carboxylic acid groups (broad SMARTS) is 1. The van der Waals surface area contributed by atoms with Gasteiger partial charge >= 0.3 is 5.97 Å². The van der Waals surface area contributed by atoms with Crippen LogP contribution in [-0.4, -0.2) is 47.4 Å². The molecule has 16 heavy (non-hydrogen) atoms. The molecule has 0 radical (unpaired) electrons. The number of rotatable bonds is 7. The molecule has 6 heteroatoms. The summed E-state index contributed by atoms with van der Waals surface area (Å²) in [7, 11) is 0. The van der Waals surface area contributed by atoms with E-state index in [0.717, 1.165) is 0 Å². The fourth-order valence-corrected chi connectivity index (χ4v) is 1.21. The van der Waals surface area contributed by atoms with Crippen molar-refractivity contribution >= 4 is 17.8 Å².